The summed E-state index contributed by atoms with van der Waals surface area (Å²) in [5, 5.41) is 1.07. The maximum Gasteiger partial charge on any atom is 2.00 e. The van der Waals surface area contributed by atoms with Gasteiger partial charge in [0.15, 0.2) is 0 Å². The Morgan fingerprint density at radius 2 is 1.64 bits per heavy atom. The minimum Gasteiger partial charge on any atom is -0.214 e. The van der Waals surface area contributed by atoms with Crippen LogP contribution in [0, 0.1) is 0 Å². The van der Waals surface area contributed by atoms with Crippen molar-refractivity contribution < 1.29 is 17.1 Å². The van der Waals surface area contributed by atoms with Gasteiger partial charge in [-0.25, -0.2) is 24.3 Å². The van der Waals surface area contributed by atoms with E-state index in [0.29, 0.717) is 0 Å². The van der Waals surface area contributed by atoms with Crippen LogP contribution in [0.25, 0.3) is 0 Å². The Hall–Kier alpha value is 0.0164. The van der Waals surface area contributed by atoms with Crippen LogP contribution in [-0.4, -0.2) is 7.42 Å². The van der Waals surface area contributed by atoms with E-state index < -0.39 is 7.42 Å². The summed E-state index contributed by atoms with van der Waals surface area (Å²) in [6.07, 6.45) is 0. The zero-order valence-corrected chi connectivity index (χ0v) is 10.9. The molecule has 0 amide bonds. The van der Waals surface area contributed by atoms with Crippen LogP contribution in [0.1, 0.15) is 0 Å². The van der Waals surface area contributed by atoms with E-state index in [1.807, 2.05) is 54.6 Å². The van der Waals surface area contributed by atoms with Gasteiger partial charge in [-0.2, -0.15) is 35.5 Å². The van der Waals surface area contributed by atoms with E-state index in [0.717, 1.165) is 5.19 Å². The van der Waals surface area contributed by atoms with Crippen molar-refractivity contribution in [2.24, 2.45) is 0 Å². The van der Waals surface area contributed by atoms with Crippen molar-refractivity contribution >= 4 is 34.8 Å². The maximum absolute atomic E-state index is 5.61. The first kappa shape index (κ1) is 14.0. The van der Waals surface area contributed by atoms with E-state index >= 15 is 0 Å². The van der Waals surface area contributed by atoms with Crippen LogP contribution < -0.4 is 5.19 Å². The standard InChI is InChI=1S/C5H4Cl2Si.C5H5.Fe/c6-8(7)5-3-1-2-4-5;1-2-4-5-3-1;/h1-4H;1-5H;/q2*-1;+2. The van der Waals surface area contributed by atoms with Gasteiger partial charge in [-0.05, 0) is 0 Å². The fraction of sp³-hybridized carbons (Fsp3) is 0. The van der Waals surface area contributed by atoms with Crippen LogP contribution in [-0.2, 0) is 17.1 Å². The minimum atomic E-state index is -1.22. The summed E-state index contributed by atoms with van der Waals surface area (Å²) in [6, 6.07) is 17.7. The maximum atomic E-state index is 5.61. The van der Waals surface area contributed by atoms with Gasteiger partial charge in [-0.1, -0.05) is 0 Å². The Bertz CT molecular complexity index is 273. The monoisotopic (exact) mass is 283 g/mol. The molecule has 0 aliphatic heterocycles. The van der Waals surface area contributed by atoms with Gasteiger partial charge in [-0.3, -0.25) is 0 Å². The number of rotatable bonds is 1. The fourth-order valence-corrected chi connectivity index (χ4v) is 2.02. The molecule has 0 aliphatic carbocycles. The summed E-state index contributed by atoms with van der Waals surface area (Å²) in [7, 11) is -1.22. The predicted molar refractivity (Wildman–Crippen MR) is 61.2 cm³/mol. The van der Waals surface area contributed by atoms with Crippen LogP contribution in [0.2, 0.25) is 0 Å². The molecule has 4 heteroatoms. The molecular weight excluding hydrogens is 275 g/mol. The third-order valence-corrected chi connectivity index (χ3v) is 3.52. The molecule has 2 aromatic rings. The second-order valence-electron chi connectivity index (χ2n) is 2.40. The van der Waals surface area contributed by atoms with Crippen LogP contribution in [0.4, 0.5) is 0 Å². The summed E-state index contributed by atoms with van der Waals surface area (Å²) in [5.74, 6) is 0. The van der Waals surface area contributed by atoms with Crippen molar-refractivity contribution in [1.29, 1.82) is 0 Å². The quantitative estimate of drug-likeness (QED) is 0.429. The van der Waals surface area contributed by atoms with Crippen molar-refractivity contribution in [1.82, 2.24) is 0 Å². The van der Waals surface area contributed by atoms with E-state index in [9.17, 15) is 0 Å². The third kappa shape index (κ3) is 5.68. The SMILES string of the molecule is Cl[Si](Cl)c1ccc[cH-]1.[Fe+2].c1cc[cH-]c1. The number of hydrogen-bond acceptors (Lipinski definition) is 0. The molecular formula is C10H9Cl2FeSi. The van der Waals surface area contributed by atoms with Crippen LogP contribution in [0.3, 0.4) is 0 Å². The molecule has 0 nitrogen and oxygen atoms in total. The van der Waals surface area contributed by atoms with Gasteiger partial charge in [0.1, 0.15) is 0 Å². The number of hydrogen-bond donors (Lipinski definition) is 0. The van der Waals surface area contributed by atoms with Crippen LogP contribution in [0.15, 0.2) is 54.6 Å². The summed E-state index contributed by atoms with van der Waals surface area (Å²) < 4.78 is 0. The Kier molecular flexibility index (Phi) is 8.34. The molecule has 2 aromatic carbocycles. The Balaban J connectivity index is 0.000000246. The van der Waals surface area contributed by atoms with Gasteiger partial charge < -0.3 is 0 Å². The Morgan fingerprint density at radius 1 is 1.00 bits per heavy atom. The van der Waals surface area contributed by atoms with Crippen molar-refractivity contribution in [3.05, 3.63) is 54.6 Å². The molecule has 0 aliphatic rings. The topological polar surface area (TPSA) is 0 Å². The normalized spacial score (nSPS) is 8.79. The Labute approximate surface area is 106 Å². The fourth-order valence-electron chi connectivity index (χ4n) is 0.821. The molecule has 75 valence electrons. The summed E-state index contributed by atoms with van der Waals surface area (Å²) in [4.78, 5) is 0. The molecule has 0 N–H and O–H groups in total. The molecule has 0 aromatic heterocycles. The smallest absolute Gasteiger partial charge is 0.214 e. The molecule has 0 heterocycles. The van der Waals surface area contributed by atoms with Crippen molar-refractivity contribution in [2.45, 2.75) is 0 Å². The molecule has 0 atom stereocenters. The summed E-state index contributed by atoms with van der Waals surface area (Å²) in [5.41, 5.74) is 0. The number of halogens is 2. The van der Waals surface area contributed by atoms with Gasteiger partial charge >= 0.3 is 17.1 Å². The first-order valence-corrected chi connectivity index (χ1v) is 7.40. The second-order valence-corrected chi connectivity index (χ2v) is 6.34. The zero-order chi connectivity index (χ0) is 9.52. The van der Waals surface area contributed by atoms with Gasteiger partial charge in [0.25, 0.3) is 7.42 Å². The largest absolute Gasteiger partial charge is 2.00 e. The van der Waals surface area contributed by atoms with E-state index in [1.165, 1.54) is 0 Å². The first-order valence-electron chi connectivity index (χ1n) is 3.87. The zero-order valence-electron chi connectivity index (χ0n) is 7.31. The van der Waals surface area contributed by atoms with E-state index in [1.54, 1.807) is 0 Å². The summed E-state index contributed by atoms with van der Waals surface area (Å²) in [6.45, 7) is 0. The first-order chi connectivity index (χ1) is 6.30. The molecule has 2 rings (SSSR count). The Morgan fingerprint density at radius 3 is 1.86 bits per heavy atom. The predicted octanol–water partition coefficient (Wildman–Crippen LogP) is 2.98. The van der Waals surface area contributed by atoms with Crippen molar-refractivity contribution in [2.75, 3.05) is 0 Å². The molecule has 1 radical (unpaired) electrons. The second kappa shape index (κ2) is 8.34. The van der Waals surface area contributed by atoms with Gasteiger partial charge in [0.2, 0.25) is 0 Å². The minimum absolute atomic E-state index is 0. The molecule has 0 bridgehead atoms. The molecule has 0 unspecified atom stereocenters. The van der Waals surface area contributed by atoms with Gasteiger partial charge in [-0.15, -0.1) is 22.2 Å². The van der Waals surface area contributed by atoms with E-state index in [2.05, 4.69) is 0 Å². The molecule has 0 saturated carbocycles. The molecule has 14 heavy (non-hydrogen) atoms. The summed E-state index contributed by atoms with van der Waals surface area (Å²) >= 11 is 11.2. The van der Waals surface area contributed by atoms with Gasteiger partial charge in [0.05, 0.1) is 0 Å². The van der Waals surface area contributed by atoms with Gasteiger partial charge in [0, 0.05) is 0 Å². The average Bonchev–Trinajstić information content (AvgIpc) is 2.82. The van der Waals surface area contributed by atoms with Crippen molar-refractivity contribution in [3.63, 3.8) is 0 Å². The van der Waals surface area contributed by atoms with E-state index in [-0.39, 0.29) is 17.1 Å². The average molecular weight is 284 g/mol. The van der Waals surface area contributed by atoms with Crippen molar-refractivity contribution in [3.8, 4) is 0 Å². The third-order valence-electron chi connectivity index (χ3n) is 1.44. The molecule has 0 spiro atoms. The molecule has 0 fully saturated rings. The van der Waals surface area contributed by atoms with Crippen LogP contribution in [0.5, 0.6) is 0 Å². The van der Waals surface area contributed by atoms with E-state index in [4.69, 9.17) is 22.2 Å². The molecule has 0 saturated heterocycles. The van der Waals surface area contributed by atoms with Crippen LogP contribution >= 0.6 is 22.2 Å².